The summed E-state index contributed by atoms with van der Waals surface area (Å²) in [4.78, 5) is 19.7. The third kappa shape index (κ3) is 4.65. The zero-order chi connectivity index (χ0) is 24.5. The van der Waals surface area contributed by atoms with E-state index >= 15 is 0 Å². The highest BCUT2D eigenvalue weighted by molar-refractivity contribution is 5.86. The highest BCUT2D eigenvalue weighted by Gasteiger charge is 2.45. The molecule has 34 heavy (non-hydrogen) atoms. The summed E-state index contributed by atoms with van der Waals surface area (Å²) in [6, 6.07) is 6.42. The number of rotatable bonds is 4. The lowest BCUT2D eigenvalue weighted by Crippen LogP contribution is -2.62. The Kier molecular flexibility index (Phi) is 6.13. The molecule has 0 saturated carbocycles. The van der Waals surface area contributed by atoms with Gasteiger partial charge in [0.25, 0.3) is 0 Å². The van der Waals surface area contributed by atoms with E-state index in [1.807, 2.05) is 19.1 Å². The fourth-order valence-corrected chi connectivity index (χ4v) is 4.20. The second-order valence-corrected chi connectivity index (χ2v) is 8.28. The number of hydrogen-bond donors (Lipinski definition) is 1. The van der Waals surface area contributed by atoms with Crippen LogP contribution in [-0.4, -0.2) is 34.2 Å². The first-order valence-electron chi connectivity index (χ1n) is 10.5. The number of nitrogens with zero attached hydrogens (tertiary/aromatic N) is 4. The van der Waals surface area contributed by atoms with E-state index in [9.17, 15) is 18.0 Å². The number of alkyl halides is 3. The predicted octanol–water partition coefficient (Wildman–Crippen LogP) is 5.09. The molecule has 3 aromatic rings. The highest BCUT2D eigenvalue weighted by Crippen LogP contribution is 2.36. The predicted molar refractivity (Wildman–Crippen MR) is 118 cm³/mol. The molecule has 4 rings (SSSR count). The lowest BCUT2D eigenvalue weighted by Gasteiger charge is -2.39. The van der Waals surface area contributed by atoms with Gasteiger partial charge in [0.1, 0.15) is 11.9 Å². The van der Waals surface area contributed by atoms with Crippen molar-refractivity contribution in [1.82, 2.24) is 19.6 Å². The third-order valence-electron chi connectivity index (χ3n) is 5.98. The molecule has 2 atom stereocenters. The molecule has 0 radical (unpaired) electrons. The molecule has 178 valence electrons. The Labute approximate surface area is 193 Å². The molecule has 2 N–H and O–H groups in total. The Morgan fingerprint density at radius 3 is 2.59 bits per heavy atom. The summed E-state index contributed by atoms with van der Waals surface area (Å²) in [6.07, 6.45) is 1.03. The van der Waals surface area contributed by atoms with Crippen LogP contribution in [0.25, 0.3) is 6.08 Å². The van der Waals surface area contributed by atoms with Gasteiger partial charge in [-0.05, 0) is 17.7 Å². The summed E-state index contributed by atoms with van der Waals surface area (Å²) in [5, 5.41) is 3.80. The molecule has 1 saturated heterocycles. The maximum Gasteiger partial charge on any atom is 0.419 e. The number of halogens is 3. The summed E-state index contributed by atoms with van der Waals surface area (Å²) >= 11 is 0. The normalized spacial score (nSPS) is 22.0. The van der Waals surface area contributed by atoms with E-state index in [-0.39, 0.29) is 16.4 Å². The lowest BCUT2D eigenvalue weighted by molar-refractivity contribution is -0.138. The molecule has 8 nitrogen and oxygen atoms in total. The van der Waals surface area contributed by atoms with Gasteiger partial charge in [-0.25, -0.2) is 19.2 Å². The number of quaternary nitrogens is 1. The first kappa shape index (κ1) is 23.4. The van der Waals surface area contributed by atoms with Crippen LogP contribution in [0.2, 0.25) is 0 Å². The number of hydrogen-bond acceptors (Lipinski definition) is 6. The van der Waals surface area contributed by atoms with Crippen molar-refractivity contribution in [2.45, 2.75) is 26.4 Å². The van der Waals surface area contributed by atoms with Crippen LogP contribution in [0.1, 0.15) is 30.2 Å². The van der Waals surface area contributed by atoms with Crippen LogP contribution in [0.15, 0.2) is 53.0 Å². The summed E-state index contributed by atoms with van der Waals surface area (Å²) in [6.45, 7) is 4.73. The fourth-order valence-electron chi connectivity index (χ4n) is 4.20. The topological polar surface area (TPSA) is 104 Å². The third-order valence-corrected chi connectivity index (χ3v) is 5.98. The Bertz CT molecular complexity index is 1220. The van der Waals surface area contributed by atoms with Gasteiger partial charge < -0.3 is 15.0 Å². The van der Waals surface area contributed by atoms with Gasteiger partial charge in [0.2, 0.25) is 5.69 Å². The van der Waals surface area contributed by atoms with Crippen LogP contribution in [0, 0.1) is 12.8 Å². The smallest absolute Gasteiger partial charge is 0.419 e. The number of nitrogens with two attached hydrogens (primary N) is 1. The van der Waals surface area contributed by atoms with Gasteiger partial charge in [-0.1, -0.05) is 35.9 Å². The van der Waals surface area contributed by atoms with E-state index in [1.54, 1.807) is 31.3 Å². The van der Waals surface area contributed by atoms with Crippen LogP contribution in [0.4, 0.5) is 23.7 Å². The van der Waals surface area contributed by atoms with E-state index in [2.05, 4.69) is 15.1 Å². The average Bonchev–Trinajstić information content (AvgIpc) is 3.21. The number of piperidine rings is 1. The van der Waals surface area contributed by atoms with Crippen LogP contribution >= 0.6 is 0 Å². The van der Waals surface area contributed by atoms with Gasteiger partial charge in [-0.2, -0.15) is 13.2 Å². The average molecular weight is 474 g/mol. The van der Waals surface area contributed by atoms with Gasteiger partial charge in [-0.15, -0.1) is 0 Å². The second-order valence-electron chi connectivity index (χ2n) is 8.28. The van der Waals surface area contributed by atoms with Crippen LogP contribution in [0.3, 0.4) is 0 Å². The summed E-state index contributed by atoms with van der Waals surface area (Å²) in [5.74, 6) is 0.993. The minimum Gasteiger partial charge on any atom is -0.424 e. The van der Waals surface area contributed by atoms with E-state index in [4.69, 9.17) is 15.0 Å². The number of likely N-dealkylation sites (tertiary alicyclic amines) is 1. The van der Waals surface area contributed by atoms with Crippen molar-refractivity contribution in [1.29, 1.82) is 0 Å². The van der Waals surface area contributed by atoms with Crippen LogP contribution in [-0.2, 0) is 6.18 Å². The Balaban J connectivity index is 1.51. The van der Waals surface area contributed by atoms with E-state index in [1.165, 1.54) is 0 Å². The standard InChI is InChI=1S/C23H22F3N5O3/c1-14-13-31(21(27)32,20-12-30-34-15(20)2)7-6-17(14)8-16-4-3-5-19(9-16)33-22-28-10-18(11-29-22)23(24,25)26/h3-5,8-12,14H,6-7,13H2,1-2H3,(H-,27,32)/p+1/b17-8+. The van der Waals surface area contributed by atoms with Gasteiger partial charge in [0, 0.05) is 31.7 Å². The zero-order valence-electron chi connectivity index (χ0n) is 18.5. The largest absolute Gasteiger partial charge is 0.424 e. The molecule has 11 heteroatoms. The van der Waals surface area contributed by atoms with Crippen molar-refractivity contribution < 1.29 is 27.2 Å². The van der Waals surface area contributed by atoms with Crippen molar-refractivity contribution >= 4 is 17.8 Å². The molecular formula is C23H23F3N5O3+. The zero-order valence-corrected chi connectivity index (χ0v) is 18.5. The maximum atomic E-state index is 12.7. The molecule has 3 heterocycles. The molecule has 1 aromatic carbocycles. The van der Waals surface area contributed by atoms with Gasteiger partial charge in [0.05, 0.1) is 18.7 Å². The Morgan fingerprint density at radius 1 is 1.26 bits per heavy atom. The second kappa shape index (κ2) is 8.90. The van der Waals surface area contributed by atoms with E-state index in [0.29, 0.717) is 49.1 Å². The van der Waals surface area contributed by atoms with Crippen molar-refractivity contribution in [3.63, 3.8) is 0 Å². The summed E-state index contributed by atoms with van der Waals surface area (Å²) < 4.78 is 48.7. The SMILES string of the molecule is Cc1oncc1[N+]1(C(N)=O)CC/C(=C\c2cccc(Oc3ncc(C(F)(F)F)cn3)c2)C(C)C1. The Morgan fingerprint density at radius 2 is 2.00 bits per heavy atom. The maximum absolute atomic E-state index is 12.7. The van der Waals surface area contributed by atoms with E-state index < -0.39 is 17.8 Å². The number of carbonyl (C=O) groups excluding carboxylic acids is 1. The van der Waals surface area contributed by atoms with Crippen LogP contribution < -0.4 is 15.0 Å². The molecule has 1 aliphatic rings. The molecule has 0 bridgehead atoms. The monoisotopic (exact) mass is 474 g/mol. The molecular weight excluding hydrogens is 451 g/mol. The molecule has 2 unspecified atom stereocenters. The Hall–Kier alpha value is -3.73. The number of amides is 2. The molecule has 0 aliphatic carbocycles. The molecule has 0 spiro atoms. The van der Waals surface area contributed by atoms with Crippen molar-refractivity contribution in [3.05, 3.63) is 65.3 Å². The summed E-state index contributed by atoms with van der Waals surface area (Å²) in [5.41, 5.74) is 7.50. The van der Waals surface area contributed by atoms with Gasteiger partial charge in [-0.3, -0.25) is 0 Å². The van der Waals surface area contributed by atoms with Crippen molar-refractivity contribution in [2.75, 3.05) is 13.1 Å². The van der Waals surface area contributed by atoms with Gasteiger partial charge in [0.15, 0.2) is 5.76 Å². The quantitative estimate of drug-likeness (QED) is 0.528. The van der Waals surface area contributed by atoms with E-state index in [0.717, 1.165) is 11.1 Å². The lowest BCUT2D eigenvalue weighted by atomic mass is 9.89. The van der Waals surface area contributed by atoms with Crippen molar-refractivity contribution in [2.24, 2.45) is 11.7 Å². The number of ether oxygens (including phenoxy) is 1. The summed E-state index contributed by atoms with van der Waals surface area (Å²) in [7, 11) is 0. The first-order chi connectivity index (χ1) is 16.1. The molecule has 2 aromatic heterocycles. The number of primary amides is 1. The number of benzene rings is 1. The number of urea groups is 1. The first-order valence-corrected chi connectivity index (χ1v) is 10.5. The molecule has 1 fully saturated rings. The number of aryl methyl sites for hydroxylation is 1. The molecule has 2 amide bonds. The number of carbonyl (C=O) groups is 1. The minimum atomic E-state index is -4.51. The highest BCUT2D eigenvalue weighted by atomic mass is 19.4. The van der Waals surface area contributed by atoms with Gasteiger partial charge >= 0.3 is 18.2 Å². The minimum absolute atomic E-state index is 0.0255. The number of aromatic nitrogens is 3. The molecule has 1 aliphatic heterocycles. The van der Waals surface area contributed by atoms with Crippen LogP contribution in [0.5, 0.6) is 11.8 Å². The fraction of sp³-hybridized carbons (Fsp3) is 0.304. The van der Waals surface area contributed by atoms with Crippen molar-refractivity contribution in [3.8, 4) is 11.8 Å².